The molecule has 76 heavy (non-hydrogen) atoms. The summed E-state index contributed by atoms with van der Waals surface area (Å²) in [5, 5.41) is 3.56. The average molecular weight is 1150 g/mol. The maximum absolute atomic E-state index is 14.3. The number of carbonyl (C=O) groups is 2. The van der Waals surface area contributed by atoms with Gasteiger partial charge >= 0.3 is 11.6 Å². The van der Waals surface area contributed by atoms with Crippen molar-refractivity contribution >= 4 is 77.6 Å². The summed E-state index contributed by atoms with van der Waals surface area (Å²) >= 11 is 7.66. The van der Waals surface area contributed by atoms with Crippen LogP contribution in [0.3, 0.4) is 0 Å². The zero-order valence-corrected chi connectivity index (χ0v) is 46.4. The number of nitrogens with zero attached hydrogens (tertiary/aromatic N) is 3. The maximum atomic E-state index is 14.3. The quantitative estimate of drug-likeness (QED) is 0.0627. The predicted octanol–water partition coefficient (Wildman–Crippen LogP) is 9.75. The fraction of sp³-hybridized carbons (Fsp3) is 0.396. The number of carbonyl (C=O) groups excluding carboxylic acids is 2. The molecular formula is C53H62ClF3N6O9S4. The second-order valence-corrected chi connectivity index (χ2v) is 25.8. The molecular weight excluding hydrogens is 1090 g/mol. The number of morpholine rings is 1. The Hall–Kier alpha value is -5.20. The van der Waals surface area contributed by atoms with E-state index in [9.17, 15) is 43.8 Å². The van der Waals surface area contributed by atoms with Crippen LogP contribution in [-0.4, -0.2) is 125 Å². The van der Waals surface area contributed by atoms with Gasteiger partial charge in [-0.2, -0.15) is 13.2 Å². The van der Waals surface area contributed by atoms with Gasteiger partial charge in [0, 0.05) is 78.8 Å². The topological polar surface area (TPSA) is 184 Å². The van der Waals surface area contributed by atoms with Crippen molar-refractivity contribution in [1.29, 1.82) is 0 Å². The van der Waals surface area contributed by atoms with E-state index in [2.05, 4.69) is 19.8 Å². The largest absolute Gasteiger partial charge is 0.501 e. The Labute approximate surface area is 454 Å². The molecule has 2 fully saturated rings. The predicted molar refractivity (Wildman–Crippen MR) is 292 cm³/mol. The zero-order valence-electron chi connectivity index (χ0n) is 42.4. The van der Waals surface area contributed by atoms with Crippen molar-refractivity contribution in [2.75, 3.05) is 74.8 Å². The molecule has 2 saturated heterocycles. The molecule has 15 nitrogen and oxygen atoms in total. The Kier molecular flexibility index (Phi) is 19.6. The smallest absolute Gasteiger partial charge is 0.444 e. The summed E-state index contributed by atoms with van der Waals surface area (Å²) in [6, 6.07) is 32.1. The van der Waals surface area contributed by atoms with Crippen LogP contribution in [0.2, 0.25) is 5.02 Å². The lowest BCUT2D eigenvalue weighted by molar-refractivity contribution is -0.0436. The molecule has 410 valence electrons. The summed E-state index contributed by atoms with van der Waals surface area (Å²) in [4.78, 5) is 30.5. The molecule has 0 radical (unpaired) electrons. The van der Waals surface area contributed by atoms with E-state index in [1.165, 1.54) is 35.8 Å². The molecule has 0 saturated carbocycles. The van der Waals surface area contributed by atoms with Crippen molar-refractivity contribution in [2.45, 2.75) is 77.9 Å². The van der Waals surface area contributed by atoms with Gasteiger partial charge in [-0.15, -0.1) is 11.8 Å². The molecule has 0 aromatic heterocycles. The highest BCUT2D eigenvalue weighted by Gasteiger charge is 2.48. The Bertz CT molecular complexity index is 3030. The van der Waals surface area contributed by atoms with E-state index in [1.807, 2.05) is 71.5 Å². The number of ether oxygens (including phenoxy) is 2. The van der Waals surface area contributed by atoms with E-state index in [4.69, 9.17) is 21.1 Å². The minimum absolute atomic E-state index is 0.0346. The van der Waals surface area contributed by atoms with Gasteiger partial charge in [-0.3, -0.25) is 14.6 Å². The van der Waals surface area contributed by atoms with Crippen molar-refractivity contribution in [3.8, 4) is 11.1 Å². The molecule has 7 rings (SSSR count). The summed E-state index contributed by atoms with van der Waals surface area (Å²) in [5.41, 5.74) is -3.57. The molecule has 2 aliphatic rings. The van der Waals surface area contributed by atoms with Crippen molar-refractivity contribution in [2.24, 2.45) is 5.92 Å². The van der Waals surface area contributed by atoms with Gasteiger partial charge in [0.25, 0.3) is 25.8 Å². The first-order valence-corrected chi connectivity index (χ1v) is 30.2. The molecule has 2 heterocycles. The van der Waals surface area contributed by atoms with Gasteiger partial charge in [0.2, 0.25) is 0 Å². The van der Waals surface area contributed by atoms with E-state index in [0.29, 0.717) is 82.0 Å². The third-order valence-electron chi connectivity index (χ3n) is 12.8. The van der Waals surface area contributed by atoms with E-state index in [0.717, 1.165) is 39.4 Å². The van der Waals surface area contributed by atoms with E-state index in [-0.39, 0.29) is 17.4 Å². The van der Waals surface area contributed by atoms with Crippen LogP contribution in [0.5, 0.6) is 0 Å². The molecule has 23 heteroatoms. The fourth-order valence-electron chi connectivity index (χ4n) is 8.81. The van der Waals surface area contributed by atoms with Gasteiger partial charge < -0.3 is 19.7 Å². The molecule has 0 spiro atoms. The molecule has 3 atom stereocenters. The summed E-state index contributed by atoms with van der Waals surface area (Å²) in [6.45, 7) is 9.25. The molecule has 5 aromatic rings. The summed E-state index contributed by atoms with van der Waals surface area (Å²) in [7, 11) is -11.2. The van der Waals surface area contributed by atoms with E-state index in [1.54, 1.807) is 45.0 Å². The third kappa shape index (κ3) is 15.7. The van der Waals surface area contributed by atoms with Gasteiger partial charge in [-0.25, -0.2) is 35.3 Å². The molecule has 3 N–H and O–H groups in total. The van der Waals surface area contributed by atoms with Gasteiger partial charge in [0.15, 0.2) is 0 Å². The van der Waals surface area contributed by atoms with Crippen molar-refractivity contribution in [3.05, 3.63) is 137 Å². The van der Waals surface area contributed by atoms with Crippen LogP contribution in [0, 0.1) is 5.92 Å². The highest BCUT2D eigenvalue weighted by molar-refractivity contribution is 7.99. The summed E-state index contributed by atoms with van der Waals surface area (Å²) in [5.74, 6) is -0.918. The van der Waals surface area contributed by atoms with E-state index >= 15 is 0 Å². The number of anilines is 2. The number of rotatable bonds is 20. The van der Waals surface area contributed by atoms with Gasteiger partial charge in [0.05, 0.1) is 23.8 Å². The van der Waals surface area contributed by atoms with Crippen LogP contribution < -0.4 is 19.7 Å². The normalized spacial score (nSPS) is 16.3. The lowest BCUT2D eigenvalue weighted by atomic mass is 9.83. The Morgan fingerprint density at radius 3 is 2.16 bits per heavy atom. The number of sulfone groups is 1. The lowest BCUT2D eigenvalue weighted by Crippen LogP contribution is -2.42. The van der Waals surface area contributed by atoms with Crippen molar-refractivity contribution in [3.63, 3.8) is 0 Å². The fourth-order valence-corrected chi connectivity index (χ4v) is 13.1. The third-order valence-corrected chi connectivity index (χ3v) is 18.2. The first-order chi connectivity index (χ1) is 36.0. The Morgan fingerprint density at radius 1 is 0.868 bits per heavy atom. The van der Waals surface area contributed by atoms with Crippen molar-refractivity contribution < 1.29 is 53.3 Å². The van der Waals surface area contributed by atoms with Gasteiger partial charge in [-0.1, -0.05) is 66.2 Å². The number of thioether (sulfide) groups is 1. The molecule has 5 aromatic carbocycles. The number of amides is 2. The first-order valence-electron chi connectivity index (χ1n) is 24.5. The van der Waals surface area contributed by atoms with Crippen LogP contribution in [0.4, 0.5) is 29.3 Å². The SMILES string of the molecule is CN(CS(=O)N[C@@H](c1ccccc1-c1ccc(Cl)cc1)C1CCN(c2ccc(C(=O)NS(=O)(=O)c3ccc(N[C@H](CCN4CCOCC4)CSc4ccccc4)c(S(=O)(=O)C(F)(F)F)c3)cc2)CC1)C(=O)OC(C)(C)C. The highest BCUT2D eigenvalue weighted by atomic mass is 35.5. The van der Waals surface area contributed by atoms with Crippen LogP contribution in [0.15, 0.2) is 136 Å². The minimum Gasteiger partial charge on any atom is -0.444 e. The Balaban J connectivity index is 1.05. The zero-order chi connectivity index (χ0) is 54.8. The lowest BCUT2D eigenvalue weighted by Gasteiger charge is -2.38. The first kappa shape index (κ1) is 58.5. The number of hydrogen-bond donors (Lipinski definition) is 3. The highest BCUT2D eigenvalue weighted by Crippen LogP contribution is 2.39. The van der Waals surface area contributed by atoms with Crippen LogP contribution >= 0.6 is 23.4 Å². The number of nitrogens with one attached hydrogen (secondary N) is 3. The van der Waals surface area contributed by atoms with E-state index < -0.39 is 81.5 Å². The molecule has 2 amide bonds. The minimum atomic E-state index is -6.11. The summed E-state index contributed by atoms with van der Waals surface area (Å²) in [6.07, 6.45) is 1.07. The van der Waals surface area contributed by atoms with Crippen LogP contribution in [-0.2, 0) is 40.3 Å². The molecule has 1 unspecified atom stereocenters. The maximum Gasteiger partial charge on any atom is 0.501 e. The van der Waals surface area contributed by atoms with Crippen molar-refractivity contribution in [1.82, 2.24) is 19.2 Å². The standard InChI is InChI=1S/C53H62ClF3N6O9S4/c1-52(2,3)72-51(65)61(4)36-74(66)59-49(46-13-9-8-12-45(46)37-14-18-40(54)19-15-37)38-24-28-63(29-25-38)42-20-16-39(17-21-42)50(64)60-76(69,70)44-22-23-47(48(34-44)75(67,68)53(55,56)57)58-41(26-27-62-30-32-71-33-31-62)35-73-43-10-6-5-7-11-43/h5-23,34,38,41,49,58-59H,24-33,35-36H2,1-4H3,(H,60,64)/t41-,49-,74?/m1/s1. The second-order valence-electron chi connectivity index (χ2n) is 19.5. The number of hydrogen-bond acceptors (Lipinski definition) is 13. The van der Waals surface area contributed by atoms with Gasteiger partial charge in [-0.05, 0) is 129 Å². The number of benzene rings is 5. The number of alkyl halides is 3. The number of halogens is 4. The molecule has 0 bridgehead atoms. The molecule has 0 aliphatic carbocycles. The second kappa shape index (κ2) is 25.5. The number of sulfonamides is 1. The number of piperidine rings is 1. The van der Waals surface area contributed by atoms with Gasteiger partial charge in [0.1, 0.15) is 27.4 Å². The van der Waals surface area contributed by atoms with Crippen LogP contribution in [0.25, 0.3) is 11.1 Å². The van der Waals surface area contributed by atoms with Crippen LogP contribution in [0.1, 0.15) is 62.0 Å². The average Bonchev–Trinajstić information content (AvgIpc) is 3.41. The summed E-state index contributed by atoms with van der Waals surface area (Å²) < 4.78 is 127. The molecule has 2 aliphatic heterocycles. The Morgan fingerprint density at radius 2 is 1.51 bits per heavy atom. The monoisotopic (exact) mass is 1150 g/mol.